The second-order valence-electron chi connectivity index (χ2n) is 8.17. The quantitative estimate of drug-likeness (QED) is 0.600. The van der Waals surface area contributed by atoms with Gasteiger partial charge in [-0.25, -0.2) is 19.3 Å². The Morgan fingerprint density at radius 3 is 2.26 bits per heavy atom. The average molecular weight is 487 g/mol. The van der Waals surface area contributed by atoms with Gasteiger partial charge >= 0.3 is 0 Å². The molecule has 31 heavy (non-hydrogen) atoms. The van der Waals surface area contributed by atoms with Crippen LogP contribution in [0.5, 0.6) is 0 Å². The second-order valence-corrected chi connectivity index (χ2v) is 9.09. The number of nitrogens with zero attached hydrogens (tertiary/aromatic N) is 6. The molecule has 0 aliphatic heterocycles. The van der Waals surface area contributed by atoms with Gasteiger partial charge in [0.25, 0.3) is 0 Å². The lowest BCUT2D eigenvalue weighted by Gasteiger charge is -2.40. The molecule has 1 N–H and O–H groups in total. The molecular weight excluding hydrogens is 460 g/mol. The number of Topliss-reactive ketones (excluding diaryl/α,β-unsaturated/α-hetero) is 1. The van der Waals surface area contributed by atoms with Crippen LogP contribution in [0.15, 0.2) is 54.0 Å². The summed E-state index contributed by atoms with van der Waals surface area (Å²) in [6.45, 7) is 0. The topological polar surface area (TPSA) is 98.7 Å². The number of aromatic nitrogens is 6. The molecule has 3 aromatic rings. The molecule has 0 saturated heterocycles. The number of ketones is 1. The molecule has 5 rings (SSSR count). The highest BCUT2D eigenvalue weighted by Gasteiger charge is 2.42. The van der Waals surface area contributed by atoms with Crippen LogP contribution in [0, 0.1) is 0 Å². The van der Waals surface area contributed by atoms with Crippen LogP contribution in [0.3, 0.4) is 0 Å². The van der Waals surface area contributed by atoms with Gasteiger partial charge in [-0.1, -0.05) is 47.3 Å². The van der Waals surface area contributed by atoms with Crippen LogP contribution in [0.2, 0.25) is 0 Å². The number of benzene rings is 1. The second kappa shape index (κ2) is 9.82. The predicted molar refractivity (Wildman–Crippen MR) is 118 cm³/mol. The molecule has 1 aromatic carbocycles. The molecule has 164 valence electrons. The summed E-state index contributed by atoms with van der Waals surface area (Å²) in [5, 5.41) is 19.4. The lowest BCUT2D eigenvalue weighted by Crippen LogP contribution is -2.39. The number of hydrogen-bond donors (Lipinski definition) is 1. The first-order valence-electron chi connectivity index (χ1n) is 10.8. The van der Waals surface area contributed by atoms with E-state index in [1.165, 1.54) is 12.7 Å². The van der Waals surface area contributed by atoms with E-state index in [0.717, 1.165) is 55.0 Å². The first kappa shape index (κ1) is 21.8. The highest BCUT2D eigenvalue weighted by Crippen LogP contribution is 2.44. The van der Waals surface area contributed by atoms with Crippen LogP contribution in [0.4, 0.5) is 0 Å². The summed E-state index contributed by atoms with van der Waals surface area (Å²) < 4.78 is 4.48. The van der Waals surface area contributed by atoms with Crippen molar-refractivity contribution < 1.29 is 9.90 Å². The molecule has 2 heterocycles. The lowest BCUT2D eigenvalue weighted by atomic mass is 9.76. The maximum Gasteiger partial charge on any atom is 0.157 e. The zero-order valence-corrected chi connectivity index (χ0v) is 18.9. The van der Waals surface area contributed by atoms with Crippen molar-refractivity contribution in [2.24, 2.45) is 0 Å². The van der Waals surface area contributed by atoms with Crippen LogP contribution in [-0.2, 0) is 10.4 Å². The minimum Gasteiger partial charge on any atom is -0.383 e. The van der Waals surface area contributed by atoms with E-state index < -0.39 is 5.60 Å². The Morgan fingerprint density at radius 2 is 1.61 bits per heavy atom. The highest BCUT2D eigenvalue weighted by atomic mass is 79.9. The van der Waals surface area contributed by atoms with Gasteiger partial charge in [-0.05, 0) is 43.4 Å². The smallest absolute Gasteiger partial charge is 0.157 e. The van der Waals surface area contributed by atoms with Gasteiger partial charge in [0.15, 0.2) is 5.78 Å². The van der Waals surface area contributed by atoms with Gasteiger partial charge < -0.3 is 5.11 Å². The molecule has 0 spiro atoms. The summed E-state index contributed by atoms with van der Waals surface area (Å²) in [7, 11) is 0. The fourth-order valence-corrected chi connectivity index (χ4v) is 4.83. The third-order valence-corrected chi connectivity index (χ3v) is 6.74. The minimum absolute atomic E-state index is 0.0371. The van der Waals surface area contributed by atoms with Crippen molar-refractivity contribution in [1.82, 2.24) is 29.5 Å². The van der Waals surface area contributed by atoms with E-state index in [0.29, 0.717) is 12.2 Å². The van der Waals surface area contributed by atoms with Crippen molar-refractivity contribution in [1.29, 1.82) is 0 Å². The lowest BCUT2D eigenvalue weighted by molar-refractivity contribution is -0.124. The summed E-state index contributed by atoms with van der Waals surface area (Å²) in [6, 6.07) is 7.84. The number of halogens is 1. The van der Waals surface area contributed by atoms with Crippen molar-refractivity contribution >= 4 is 21.7 Å². The molecule has 0 amide bonds. The molecule has 2 aromatic heterocycles. The summed E-state index contributed by atoms with van der Waals surface area (Å²) >= 11 is 3.43. The van der Waals surface area contributed by atoms with Crippen molar-refractivity contribution in [2.75, 3.05) is 0 Å². The average Bonchev–Trinajstić information content (AvgIpc) is 3.50. The number of carbonyl (C=O) groups excluding carboxylic acids is 1. The van der Waals surface area contributed by atoms with Crippen molar-refractivity contribution in [3.63, 3.8) is 0 Å². The predicted octanol–water partition coefficient (Wildman–Crippen LogP) is 4.01. The summed E-state index contributed by atoms with van der Waals surface area (Å²) in [6.07, 6.45) is 13.9. The van der Waals surface area contributed by atoms with E-state index in [4.69, 9.17) is 0 Å². The van der Waals surface area contributed by atoms with E-state index in [1.54, 1.807) is 22.0 Å². The van der Waals surface area contributed by atoms with E-state index >= 15 is 0 Å². The summed E-state index contributed by atoms with van der Waals surface area (Å²) in [5.41, 5.74) is 0.100. The molecule has 0 bridgehead atoms. The monoisotopic (exact) mass is 486 g/mol. The molecule has 2 aliphatic rings. The van der Waals surface area contributed by atoms with Gasteiger partial charge in [0.05, 0.1) is 6.04 Å². The molecule has 3 unspecified atom stereocenters. The Bertz CT molecular complexity index is 961. The number of hydrogen-bond acceptors (Lipinski definition) is 6. The maximum atomic E-state index is 11.4. The Kier molecular flexibility index (Phi) is 6.92. The van der Waals surface area contributed by atoms with Gasteiger partial charge in [-0.3, -0.25) is 4.79 Å². The van der Waals surface area contributed by atoms with Crippen LogP contribution >= 0.6 is 15.9 Å². The van der Waals surface area contributed by atoms with Crippen LogP contribution in [0.25, 0.3) is 0 Å². The first-order valence-corrected chi connectivity index (χ1v) is 11.6. The van der Waals surface area contributed by atoms with Crippen molar-refractivity contribution in [3.8, 4) is 0 Å². The molecule has 2 aliphatic carbocycles. The molecular formula is C22H27BrN6O2. The summed E-state index contributed by atoms with van der Waals surface area (Å²) in [5.74, 6) is 0.298. The minimum atomic E-state index is -0.855. The molecule has 2 saturated carbocycles. The largest absolute Gasteiger partial charge is 0.383 e. The van der Waals surface area contributed by atoms with Crippen LogP contribution < -0.4 is 0 Å². The molecule has 0 radical (unpaired) electrons. The van der Waals surface area contributed by atoms with Crippen LogP contribution in [-0.4, -0.2) is 40.4 Å². The van der Waals surface area contributed by atoms with E-state index in [-0.39, 0.29) is 12.1 Å². The van der Waals surface area contributed by atoms with Gasteiger partial charge in [0, 0.05) is 10.9 Å². The Morgan fingerprint density at radius 1 is 0.935 bits per heavy atom. The maximum absolute atomic E-state index is 11.4. The Balaban J connectivity index is 0.000000166. The van der Waals surface area contributed by atoms with E-state index in [2.05, 4.69) is 36.1 Å². The van der Waals surface area contributed by atoms with Gasteiger partial charge in [0.2, 0.25) is 0 Å². The molecule has 8 nitrogen and oxygen atoms in total. The van der Waals surface area contributed by atoms with Gasteiger partial charge in [-0.15, -0.1) is 0 Å². The van der Waals surface area contributed by atoms with Crippen molar-refractivity contribution in [2.45, 2.75) is 69.1 Å². The SMILES string of the molecule is O=C1CCCCC1n1cncn1.OC1(c2ccc(Br)cc2)CCCCC1n1cncn1. The van der Waals surface area contributed by atoms with Gasteiger partial charge in [0.1, 0.15) is 37.0 Å². The van der Waals surface area contributed by atoms with E-state index in [9.17, 15) is 9.90 Å². The van der Waals surface area contributed by atoms with Gasteiger partial charge in [-0.2, -0.15) is 10.2 Å². The fraction of sp³-hybridized carbons (Fsp3) is 0.500. The first-order chi connectivity index (χ1) is 15.1. The zero-order valence-electron chi connectivity index (χ0n) is 17.3. The fourth-order valence-electron chi connectivity index (χ4n) is 4.56. The number of carbonyl (C=O) groups is 1. The van der Waals surface area contributed by atoms with E-state index in [1.807, 2.05) is 24.3 Å². The third-order valence-electron chi connectivity index (χ3n) is 6.22. The third kappa shape index (κ3) is 4.93. The zero-order chi connectivity index (χ0) is 21.7. The highest BCUT2D eigenvalue weighted by molar-refractivity contribution is 9.10. The molecule has 9 heteroatoms. The molecule has 2 fully saturated rings. The van der Waals surface area contributed by atoms with Crippen LogP contribution in [0.1, 0.15) is 69.0 Å². The summed E-state index contributed by atoms with van der Waals surface area (Å²) in [4.78, 5) is 19.2. The normalized spacial score (nSPS) is 26.2. The standard InChI is InChI=1S/C14H16BrN3O.C8H11N3O/c15-12-6-4-11(5-7-12)14(19)8-2-1-3-13(14)18-10-16-9-17-18;12-8-4-2-1-3-7(8)11-6-9-5-10-11/h4-7,9-10,13,19H,1-3,8H2;5-7H,1-4H2. The molecule has 3 atom stereocenters. The number of rotatable bonds is 3. The number of aliphatic hydroxyl groups is 1. The Hall–Kier alpha value is -2.39. The van der Waals surface area contributed by atoms with Crippen molar-refractivity contribution in [3.05, 3.63) is 59.6 Å². The Labute approximate surface area is 189 Å².